The highest BCUT2D eigenvalue weighted by Crippen LogP contribution is 2.46. The molecule has 0 aliphatic carbocycles. The van der Waals surface area contributed by atoms with Crippen LogP contribution in [0.15, 0.2) is 47.6 Å². The Hall–Kier alpha value is -2.86. The van der Waals surface area contributed by atoms with Crippen molar-refractivity contribution in [2.24, 2.45) is 5.10 Å². The van der Waals surface area contributed by atoms with Gasteiger partial charge in [-0.1, -0.05) is 41.4 Å². The van der Waals surface area contributed by atoms with Crippen LogP contribution < -0.4 is 10.7 Å². The van der Waals surface area contributed by atoms with Crippen molar-refractivity contribution >= 4 is 46.4 Å². The van der Waals surface area contributed by atoms with Crippen LogP contribution in [-0.4, -0.2) is 35.5 Å². The van der Waals surface area contributed by atoms with E-state index in [2.05, 4.69) is 10.5 Å². The third kappa shape index (κ3) is 6.17. The first kappa shape index (κ1) is 27.4. The number of carbonyl (C=O) groups is 2. The maximum Gasteiger partial charge on any atom is 0.460 e. The van der Waals surface area contributed by atoms with E-state index in [-0.39, 0.29) is 17.2 Å². The van der Waals surface area contributed by atoms with Gasteiger partial charge in [-0.15, -0.1) is 0 Å². The maximum absolute atomic E-state index is 13.4. The van der Waals surface area contributed by atoms with Crippen LogP contribution in [0.1, 0.15) is 18.1 Å². The fourth-order valence-corrected chi connectivity index (χ4v) is 2.73. The van der Waals surface area contributed by atoms with Crippen LogP contribution in [0.25, 0.3) is 0 Å². The van der Waals surface area contributed by atoms with Crippen LogP contribution in [0.2, 0.25) is 10.0 Å². The Morgan fingerprint density at radius 1 is 0.912 bits per heavy atom. The number of hydrogen-bond donors (Lipinski definition) is 2. The van der Waals surface area contributed by atoms with E-state index in [1.807, 2.05) is 0 Å². The van der Waals surface area contributed by atoms with E-state index in [4.69, 9.17) is 23.2 Å². The molecule has 0 radical (unpaired) electrons. The zero-order valence-electron chi connectivity index (χ0n) is 16.9. The molecule has 0 saturated carbocycles. The summed E-state index contributed by atoms with van der Waals surface area (Å²) < 4.78 is 89.3. The standard InChI is InChI=1S/C20H14Cl2F7N3O2/c1-10(31-32-16(33)9-11-2-7-14(21)15(22)8-11)12-3-5-13(6-4-12)30-17(34)18(23,24)19(25,26)20(27,28)29/h2-8H,9H2,1H3,(H,30,34)(H,32,33)/b31-10+. The SMILES string of the molecule is C/C(=N\NC(=O)Cc1ccc(Cl)c(Cl)c1)c1ccc(NC(=O)C(F)(F)C(F)(F)C(F)(F)F)cc1. The van der Waals surface area contributed by atoms with Gasteiger partial charge in [-0.25, -0.2) is 5.43 Å². The van der Waals surface area contributed by atoms with Gasteiger partial charge in [-0.05, 0) is 42.3 Å². The molecule has 14 heteroatoms. The molecule has 0 fully saturated rings. The van der Waals surface area contributed by atoms with Gasteiger partial charge in [0.05, 0.1) is 22.2 Å². The summed E-state index contributed by atoms with van der Waals surface area (Å²) in [5, 5.41) is 5.74. The van der Waals surface area contributed by atoms with E-state index in [0.717, 1.165) is 12.1 Å². The molecule has 0 aliphatic heterocycles. The lowest BCUT2D eigenvalue weighted by Gasteiger charge is -2.27. The van der Waals surface area contributed by atoms with Crippen molar-refractivity contribution < 1.29 is 40.3 Å². The number of benzene rings is 2. The molecule has 0 saturated heterocycles. The fourth-order valence-electron chi connectivity index (χ4n) is 2.41. The Bertz CT molecular complexity index is 1100. The van der Waals surface area contributed by atoms with Crippen LogP contribution in [0, 0.1) is 0 Å². The monoisotopic (exact) mass is 531 g/mol. The Morgan fingerprint density at radius 3 is 2.03 bits per heavy atom. The number of hydrazone groups is 1. The zero-order valence-corrected chi connectivity index (χ0v) is 18.4. The summed E-state index contributed by atoms with van der Waals surface area (Å²) in [5.74, 6) is -15.9. The van der Waals surface area contributed by atoms with E-state index in [0.29, 0.717) is 16.1 Å². The number of alkyl halides is 7. The molecule has 2 aromatic rings. The van der Waals surface area contributed by atoms with E-state index in [9.17, 15) is 40.3 Å². The van der Waals surface area contributed by atoms with Gasteiger partial charge >= 0.3 is 23.9 Å². The lowest BCUT2D eigenvalue weighted by atomic mass is 10.1. The molecule has 184 valence electrons. The van der Waals surface area contributed by atoms with Gasteiger partial charge in [0.1, 0.15) is 0 Å². The first-order valence-corrected chi connectivity index (χ1v) is 9.83. The highest BCUT2D eigenvalue weighted by Gasteiger charge is 2.76. The summed E-state index contributed by atoms with van der Waals surface area (Å²) in [5.41, 5.74) is 2.92. The highest BCUT2D eigenvalue weighted by atomic mass is 35.5. The number of halogens is 9. The topological polar surface area (TPSA) is 70.6 Å². The summed E-state index contributed by atoms with van der Waals surface area (Å²) in [6.45, 7) is 1.46. The number of carbonyl (C=O) groups excluding carboxylic acids is 2. The second kappa shape index (κ2) is 10.2. The van der Waals surface area contributed by atoms with Gasteiger partial charge in [-0.3, -0.25) is 9.59 Å². The molecular weight excluding hydrogens is 518 g/mol. The molecule has 0 aliphatic rings. The second-order valence-electron chi connectivity index (χ2n) is 6.84. The molecule has 2 amide bonds. The van der Waals surface area contributed by atoms with Crippen LogP contribution in [0.4, 0.5) is 36.4 Å². The Labute approximate surface area is 197 Å². The molecule has 0 unspecified atom stereocenters. The lowest BCUT2D eigenvalue weighted by molar-refractivity contribution is -0.343. The van der Waals surface area contributed by atoms with Crippen LogP contribution in [0.3, 0.4) is 0 Å². The first-order valence-electron chi connectivity index (χ1n) is 9.07. The van der Waals surface area contributed by atoms with Gasteiger partial charge in [0.2, 0.25) is 5.91 Å². The Balaban J connectivity index is 2.02. The van der Waals surface area contributed by atoms with E-state index >= 15 is 0 Å². The predicted octanol–water partition coefficient (Wildman–Crippen LogP) is 5.85. The summed E-state index contributed by atoms with van der Waals surface area (Å²) in [7, 11) is 0. The van der Waals surface area contributed by atoms with Crippen molar-refractivity contribution in [3.63, 3.8) is 0 Å². The molecule has 0 aromatic heterocycles. The smallest absolute Gasteiger partial charge is 0.321 e. The van der Waals surface area contributed by atoms with Gasteiger partial charge < -0.3 is 5.32 Å². The molecule has 5 nitrogen and oxygen atoms in total. The maximum atomic E-state index is 13.4. The molecule has 34 heavy (non-hydrogen) atoms. The van der Waals surface area contributed by atoms with E-state index < -0.39 is 35.5 Å². The van der Waals surface area contributed by atoms with Crippen molar-refractivity contribution in [2.75, 3.05) is 5.32 Å². The number of amides is 2. The minimum absolute atomic E-state index is 0.0740. The normalized spacial score (nSPS) is 12.9. The van der Waals surface area contributed by atoms with Crippen LogP contribution in [-0.2, 0) is 16.0 Å². The summed E-state index contributed by atoms with van der Waals surface area (Å²) >= 11 is 11.7. The number of nitrogens with zero attached hydrogens (tertiary/aromatic N) is 1. The van der Waals surface area contributed by atoms with Crippen LogP contribution in [0.5, 0.6) is 0 Å². The van der Waals surface area contributed by atoms with E-state index in [1.165, 1.54) is 36.5 Å². The van der Waals surface area contributed by atoms with Gasteiger partial charge in [-0.2, -0.15) is 35.8 Å². The minimum atomic E-state index is -6.63. The molecule has 2 rings (SSSR count). The van der Waals surface area contributed by atoms with Crippen molar-refractivity contribution in [2.45, 2.75) is 31.4 Å². The van der Waals surface area contributed by atoms with Crippen LogP contribution >= 0.6 is 23.2 Å². The Morgan fingerprint density at radius 2 is 1.50 bits per heavy atom. The minimum Gasteiger partial charge on any atom is -0.321 e. The third-order valence-corrected chi connectivity index (χ3v) is 5.03. The zero-order chi connectivity index (χ0) is 25.9. The van der Waals surface area contributed by atoms with Gasteiger partial charge in [0.25, 0.3) is 0 Å². The molecule has 0 spiro atoms. The molecule has 2 N–H and O–H groups in total. The van der Waals surface area contributed by atoms with Crippen molar-refractivity contribution in [1.82, 2.24) is 5.43 Å². The fraction of sp³-hybridized carbons (Fsp3) is 0.250. The third-order valence-electron chi connectivity index (χ3n) is 4.29. The molecule has 0 bridgehead atoms. The second-order valence-corrected chi connectivity index (χ2v) is 7.65. The average molecular weight is 532 g/mol. The van der Waals surface area contributed by atoms with Crippen molar-refractivity contribution in [3.05, 3.63) is 63.6 Å². The predicted molar refractivity (Wildman–Crippen MR) is 112 cm³/mol. The number of anilines is 1. The summed E-state index contributed by atoms with van der Waals surface area (Å²) in [6, 6.07) is 8.98. The lowest BCUT2D eigenvalue weighted by Crippen LogP contribution is -2.57. The van der Waals surface area contributed by atoms with Crippen molar-refractivity contribution in [1.29, 1.82) is 0 Å². The number of hydrogen-bond acceptors (Lipinski definition) is 3. The number of nitrogens with one attached hydrogen (secondary N) is 2. The highest BCUT2D eigenvalue weighted by molar-refractivity contribution is 6.42. The molecule has 0 heterocycles. The summed E-state index contributed by atoms with van der Waals surface area (Å²) in [6.07, 6.45) is -6.70. The molecular formula is C20H14Cl2F7N3O2. The number of rotatable bonds is 7. The largest absolute Gasteiger partial charge is 0.460 e. The molecule has 2 aromatic carbocycles. The first-order chi connectivity index (χ1) is 15.6. The molecule has 0 atom stereocenters. The van der Waals surface area contributed by atoms with E-state index in [1.54, 1.807) is 6.07 Å². The summed E-state index contributed by atoms with van der Waals surface area (Å²) in [4.78, 5) is 23.4. The van der Waals surface area contributed by atoms with Gasteiger partial charge in [0, 0.05) is 5.69 Å². The van der Waals surface area contributed by atoms with Gasteiger partial charge in [0.15, 0.2) is 0 Å². The van der Waals surface area contributed by atoms with Crippen molar-refractivity contribution in [3.8, 4) is 0 Å². The average Bonchev–Trinajstić information content (AvgIpc) is 2.74. The quantitative estimate of drug-likeness (QED) is 0.267. The Kier molecular flexibility index (Phi) is 8.20.